The molecule has 0 radical (unpaired) electrons. The van der Waals surface area contributed by atoms with Crippen molar-refractivity contribution in [2.24, 2.45) is 0 Å². The van der Waals surface area contributed by atoms with E-state index >= 15 is 0 Å². The van der Waals surface area contributed by atoms with Crippen molar-refractivity contribution < 1.29 is 5.11 Å². The van der Waals surface area contributed by atoms with Crippen molar-refractivity contribution in [2.75, 3.05) is 5.73 Å². The first kappa shape index (κ1) is 15.1. The summed E-state index contributed by atoms with van der Waals surface area (Å²) < 4.78 is 0. The molecule has 10 heteroatoms. The molecule has 2 heterocycles. The molecule has 4 rings (SSSR count). The van der Waals surface area contributed by atoms with Crippen LogP contribution in [0, 0.1) is 0 Å². The number of rotatable bonds is 2. The van der Waals surface area contributed by atoms with Crippen molar-refractivity contribution in [1.82, 2.24) is 40.4 Å². The molecule has 10 nitrogen and oxygen atoms in total. The highest BCUT2D eigenvalue weighted by Gasteiger charge is 1.97. The van der Waals surface area contributed by atoms with E-state index in [9.17, 15) is 0 Å². The number of hydrogen-bond donors (Lipinski definition) is 2. The van der Waals surface area contributed by atoms with Crippen molar-refractivity contribution in [3.05, 3.63) is 61.2 Å². The third-order valence-electron chi connectivity index (χ3n) is 2.90. The molecule has 2 aromatic carbocycles. The maximum absolute atomic E-state index is 8.99. The van der Waals surface area contributed by atoms with Crippen molar-refractivity contribution in [3.8, 4) is 17.1 Å². The normalized spacial score (nSPS) is 10.0. The number of nitrogen functional groups attached to an aromatic ring is 1. The number of tetrazole rings is 2. The van der Waals surface area contributed by atoms with Gasteiger partial charge >= 0.3 is 0 Å². The Hall–Kier alpha value is -3.82. The summed E-state index contributed by atoms with van der Waals surface area (Å²) in [4.78, 5) is 2.80. The summed E-state index contributed by atoms with van der Waals surface area (Å²) in [5, 5.41) is 31.3. The van der Waals surface area contributed by atoms with Gasteiger partial charge in [-0.15, -0.1) is 30.0 Å². The van der Waals surface area contributed by atoms with Crippen LogP contribution in [0.25, 0.3) is 11.4 Å². The third kappa shape index (κ3) is 3.68. The Morgan fingerprint density at radius 2 is 1.17 bits per heavy atom. The molecule has 0 aliphatic carbocycles. The molecule has 0 fully saturated rings. The first-order valence-corrected chi connectivity index (χ1v) is 6.84. The Morgan fingerprint density at radius 3 is 1.58 bits per heavy atom. The lowest BCUT2D eigenvalue weighted by molar-refractivity contribution is 0.475. The molecule has 0 saturated carbocycles. The van der Waals surface area contributed by atoms with Crippen LogP contribution in [0.3, 0.4) is 0 Å². The molecule has 0 bridgehead atoms. The number of aromatic hydroxyl groups is 1. The standard InChI is InChI=1S/C7H7N5.C7H6N4O/c8-6-1-3-7(4-2-6)12-10-5-9-11-12;12-7-3-1-6(2-4-7)11-9-5-8-10-11/h1-5H,8H2;1-5,12H. The second-order valence-corrected chi connectivity index (χ2v) is 4.56. The minimum Gasteiger partial charge on any atom is -0.508 e. The number of nitrogens with two attached hydrogens (primary N) is 1. The van der Waals surface area contributed by atoms with Gasteiger partial charge in [0.25, 0.3) is 0 Å². The molecular formula is C14H13N9O. The van der Waals surface area contributed by atoms with E-state index in [-0.39, 0.29) is 5.75 Å². The Balaban J connectivity index is 0.000000141. The molecule has 0 unspecified atom stereocenters. The van der Waals surface area contributed by atoms with Gasteiger partial charge in [0.1, 0.15) is 5.75 Å². The summed E-state index contributed by atoms with van der Waals surface area (Å²) in [5.41, 5.74) is 7.85. The maximum atomic E-state index is 8.99. The van der Waals surface area contributed by atoms with Gasteiger partial charge in [0.2, 0.25) is 0 Å². The Kier molecular flexibility index (Phi) is 4.38. The minimum absolute atomic E-state index is 0.221. The van der Waals surface area contributed by atoms with Gasteiger partial charge in [-0.2, -0.15) is 0 Å². The summed E-state index contributed by atoms with van der Waals surface area (Å²) in [6.07, 6.45) is 2.74. The molecule has 24 heavy (non-hydrogen) atoms. The van der Waals surface area contributed by atoms with Crippen molar-refractivity contribution in [2.45, 2.75) is 0 Å². The molecule has 0 atom stereocenters. The first-order valence-electron chi connectivity index (χ1n) is 6.84. The van der Waals surface area contributed by atoms with Crippen LogP contribution in [-0.4, -0.2) is 45.5 Å². The van der Waals surface area contributed by atoms with Gasteiger partial charge in [0, 0.05) is 5.69 Å². The average molecular weight is 323 g/mol. The summed E-state index contributed by atoms with van der Waals surface area (Å²) in [5.74, 6) is 0.221. The molecular weight excluding hydrogens is 310 g/mol. The first-order chi connectivity index (χ1) is 11.7. The SMILES string of the molecule is Nc1ccc(-n2ncnn2)cc1.Oc1ccc(-n2ncnn2)cc1. The Morgan fingerprint density at radius 1 is 0.708 bits per heavy atom. The number of phenolic OH excluding ortho intramolecular Hbond substituents is 1. The van der Waals surface area contributed by atoms with E-state index in [1.165, 1.54) is 22.2 Å². The predicted molar refractivity (Wildman–Crippen MR) is 84.4 cm³/mol. The van der Waals surface area contributed by atoms with Gasteiger partial charge in [-0.3, -0.25) is 0 Å². The van der Waals surface area contributed by atoms with Crippen LogP contribution >= 0.6 is 0 Å². The van der Waals surface area contributed by atoms with Gasteiger partial charge in [-0.1, -0.05) is 0 Å². The summed E-state index contributed by atoms with van der Waals surface area (Å²) in [7, 11) is 0. The van der Waals surface area contributed by atoms with Crippen LogP contribution in [0.1, 0.15) is 0 Å². The third-order valence-corrected chi connectivity index (χ3v) is 2.90. The number of anilines is 1. The molecule has 120 valence electrons. The highest BCUT2D eigenvalue weighted by molar-refractivity contribution is 5.43. The molecule has 4 aromatic rings. The molecule has 0 spiro atoms. The lowest BCUT2D eigenvalue weighted by atomic mass is 10.3. The van der Waals surface area contributed by atoms with E-state index in [0.29, 0.717) is 0 Å². The number of aromatic nitrogens is 8. The van der Waals surface area contributed by atoms with E-state index < -0.39 is 0 Å². The summed E-state index contributed by atoms with van der Waals surface area (Å²) in [6, 6.07) is 13.8. The fraction of sp³-hybridized carbons (Fsp3) is 0. The topological polar surface area (TPSA) is 133 Å². The average Bonchev–Trinajstić information content (AvgIpc) is 3.31. The molecule has 0 aliphatic rings. The van der Waals surface area contributed by atoms with E-state index in [1.54, 1.807) is 36.4 Å². The van der Waals surface area contributed by atoms with Crippen LogP contribution < -0.4 is 5.73 Å². The van der Waals surface area contributed by atoms with Crippen molar-refractivity contribution in [3.63, 3.8) is 0 Å². The smallest absolute Gasteiger partial charge is 0.162 e. The second-order valence-electron chi connectivity index (χ2n) is 4.56. The van der Waals surface area contributed by atoms with Crippen LogP contribution in [0.15, 0.2) is 61.2 Å². The van der Waals surface area contributed by atoms with E-state index in [2.05, 4.69) is 30.8 Å². The van der Waals surface area contributed by atoms with Gasteiger partial charge < -0.3 is 10.8 Å². The molecule has 0 amide bonds. The fourth-order valence-electron chi connectivity index (χ4n) is 1.76. The zero-order valence-corrected chi connectivity index (χ0v) is 12.4. The van der Waals surface area contributed by atoms with Gasteiger partial charge in [-0.05, 0) is 59.0 Å². The predicted octanol–water partition coefficient (Wildman–Crippen LogP) is 0.612. The van der Waals surface area contributed by atoms with Crippen molar-refractivity contribution >= 4 is 5.69 Å². The van der Waals surface area contributed by atoms with Crippen molar-refractivity contribution in [1.29, 1.82) is 0 Å². The Labute approximate surface area is 136 Å². The summed E-state index contributed by atoms with van der Waals surface area (Å²) in [6.45, 7) is 0. The largest absolute Gasteiger partial charge is 0.508 e. The second kappa shape index (κ2) is 6.96. The van der Waals surface area contributed by atoms with Crippen LogP contribution in [0.4, 0.5) is 5.69 Å². The monoisotopic (exact) mass is 323 g/mol. The number of hydrogen-bond acceptors (Lipinski definition) is 8. The highest BCUT2D eigenvalue weighted by Crippen LogP contribution is 2.11. The molecule has 3 N–H and O–H groups in total. The quantitative estimate of drug-likeness (QED) is 0.513. The van der Waals surface area contributed by atoms with Crippen LogP contribution in [-0.2, 0) is 0 Å². The van der Waals surface area contributed by atoms with Gasteiger partial charge in [-0.25, -0.2) is 0 Å². The van der Waals surface area contributed by atoms with E-state index in [0.717, 1.165) is 17.1 Å². The van der Waals surface area contributed by atoms with E-state index in [4.69, 9.17) is 10.8 Å². The number of nitrogens with zero attached hydrogens (tertiary/aromatic N) is 8. The van der Waals surface area contributed by atoms with Gasteiger partial charge in [0.05, 0.1) is 11.4 Å². The number of benzene rings is 2. The number of phenols is 1. The maximum Gasteiger partial charge on any atom is 0.162 e. The lowest BCUT2D eigenvalue weighted by Crippen LogP contribution is -1.98. The molecule has 0 aliphatic heterocycles. The fourth-order valence-corrected chi connectivity index (χ4v) is 1.76. The highest BCUT2D eigenvalue weighted by atomic mass is 16.3. The minimum atomic E-state index is 0.221. The van der Waals surface area contributed by atoms with Crippen LogP contribution in [0.5, 0.6) is 5.75 Å². The van der Waals surface area contributed by atoms with Crippen LogP contribution in [0.2, 0.25) is 0 Å². The summed E-state index contributed by atoms with van der Waals surface area (Å²) >= 11 is 0. The zero-order chi connectivity index (χ0) is 16.8. The van der Waals surface area contributed by atoms with E-state index in [1.807, 2.05) is 12.1 Å². The Bertz CT molecular complexity index is 780. The molecule has 2 aromatic heterocycles. The molecule has 0 saturated heterocycles. The van der Waals surface area contributed by atoms with Gasteiger partial charge in [0.15, 0.2) is 12.7 Å². The lowest BCUT2D eigenvalue weighted by Gasteiger charge is -1.97. The zero-order valence-electron chi connectivity index (χ0n) is 12.4.